The summed E-state index contributed by atoms with van der Waals surface area (Å²) >= 11 is 5.79. The number of likely N-dealkylation sites (tertiary alicyclic amines) is 1. The Hall–Kier alpha value is -2.33. The Kier molecular flexibility index (Phi) is 5.63. The number of benzene rings is 1. The summed E-state index contributed by atoms with van der Waals surface area (Å²) in [6, 6.07) is 8.69. The Morgan fingerprint density at radius 2 is 1.87 bits per heavy atom. The third-order valence-electron chi connectivity index (χ3n) is 5.38. The SMILES string of the molecule is O=C(C(CO)c1ccc(F)c(Cl)c1)N1CC(=C2CN(S(=O)(=O)c3ccccn3)C2)C1. The van der Waals surface area contributed by atoms with Gasteiger partial charge in [-0.05, 0) is 41.0 Å². The lowest BCUT2D eigenvalue weighted by molar-refractivity contribution is -0.135. The average molecular weight is 452 g/mol. The molecule has 1 unspecified atom stereocenters. The lowest BCUT2D eigenvalue weighted by atomic mass is 9.92. The minimum Gasteiger partial charge on any atom is -0.395 e. The van der Waals surface area contributed by atoms with Gasteiger partial charge in [-0.15, -0.1) is 0 Å². The van der Waals surface area contributed by atoms with E-state index in [1.807, 2.05) is 0 Å². The Bertz CT molecular complexity index is 1110. The van der Waals surface area contributed by atoms with E-state index in [1.165, 1.54) is 34.8 Å². The number of rotatable bonds is 5. The Balaban J connectivity index is 1.38. The van der Waals surface area contributed by atoms with E-state index in [9.17, 15) is 22.7 Å². The van der Waals surface area contributed by atoms with Crippen molar-refractivity contribution in [2.45, 2.75) is 10.9 Å². The number of hydrogen-bond acceptors (Lipinski definition) is 5. The number of carbonyl (C=O) groups excluding carboxylic acids is 1. The molecular weight excluding hydrogens is 433 g/mol. The predicted octanol–water partition coefficient (Wildman–Crippen LogP) is 1.79. The van der Waals surface area contributed by atoms with Crippen LogP contribution in [0.1, 0.15) is 11.5 Å². The zero-order valence-corrected chi connectivity index (χ0v) is 17.4. The van der Waals surface area contributed by atoms with Crippen LogP contribution in [0.5, 0.6) is 0 Å². The van der Waals surface area contributed by atoms with E-state index in [0.29, 0.717) is 18.7 Å². The first-order valence-electron chi connectivity index (χ1n) is 9.27. The van der Waals surface area contributed by atoms with Gasteiger partial charge in [-0.3, -0.25) is 4.79 Å². The second-order valence-corrected chi connectivity index (χ2v) is 9.54. The van der Waals surface area contributed by atoms with Gasteiger partial charge in [0.1, 0.15) is 5.82 Å². The summed E-state index contributed by atoms with van der Waals surface area (Å²) in [6.07, 6.45) is 1.44. The summed E-state index contributed by atoms with van der Waals surface area (Å²) in [6.45, 7) is 0.925. The fourth-order valence-electron chi connectivity index (χ4n) is 3.47. The molecule has 0 radical (unpaired) electrons. The van der Waals surface area contributed by atoms with Crippen molar-refractivity contribution in [3.05, 3.63) is 70.1 Å². The van der Waals surface area contributed by atoms with Crippen LogP contribution in [-0.2, 0) is 14.8 Å². The van der Waals surface area contributed by atoms with E-state index in [1.54, 1.807) is 17.0 Å². The maximum Gasteiger partial charge on any atom is 0.261 e. The second kappa shape index (κ2) is 8.07. The molecule has 2 aliphatic heterocycles. The number of aromatic nitrogens is 1. The van der Waals surface area contributed by atoms with Gasteiger partial charge >= 0.3 is 0 Å². The molecule has 2 aromatic rings. The van der Waals surface area contributed by atoms with Crippen molar-refractivity contribution >= 4 is 27.5 Å². The van der Waals surface area contributed by atoms with Crippen molar-refractivity contribution in [2.24, 2.45) is 0 Å². The molecule has 158 valence electrons. The highest BCUT2D eigenvalue weighted by molar-refractivity contribution is 7.89. The summed E-state index contributed by atoms with van der Waals surface area (Å²) < 4.78 is 39.7. The van der Waals surface area contributed by atoms with Gasteiger partial charge in [0.15, 0.2) is 5.03 Å². The van der Waals surface area contributed by atoms with E-state index in [0.717, 1.165) is 11.1 Å². The number of amides is 1. The van der Waals surface area contributed by atoms with Gasteiger partial charge < -0.3 is 10.0 Å². The number of hydrogen-bond donors (Lipinski definition) is 1. The molecule has 30 heavy (non-hydrogen) atoms. The van der Waals surface area contributed by atoms with Gasteiger partial charge in [0.2, 0.25) is 5.91 Å². The molecule has 0 saturated carbocycles. The monoisotopic (exact) mass is 451 g/mol. The number of pyridine rings is 1. The number of aliphatic hydroxyl groups excluding tert-OH is 1. The number of sulfonamides is 1. The Morgan fingerprint density at radius 3 is 2.47 bits per heavy atom. The smallest absolute Gasteiger partial charge is 0.261 e. The van der Waals surface area contributed by atoms with Crippen LogP contribution in [0.3, 0.4) is 0 Å². The molecule has 10 heteroatoms. The highest BCUT2D eigenvalue weighted by Gasteiger charge is 2.39. The third kappa shape index (κ3) is 3.74. The van der Waals surface area contributed by atoms with Crippen LogP contribution >= 0.6 is 11.6 Å². The van der Waals surface area contributed by atoms with Crippen molar-refractivity contribution < 1.29 is 22.7 Å². The fourth-order valence-corrected chi connectivity index (χ4v) is 5.02. The molecule has 0 aliphatic carbocycles. The molecule has 1 atom stereocenters. The third-order valence-corrected chi connectivity index (χ3v) is 7.38. The van der Waals surface area contributed by atoms with Gasteiger partial charge in [0, 0.05) is 32.4 Å². The molecule has 2 saturated heterocycles. The molecule has 0 spiro atoms. The van der Waals surface area contributed by atoms with Crippen molar-refractivity contribution in [1.82, 2.24) is 14.2 Å². The molecule has 2 fully saturated rings. The van der Waals surface area contributed by atoms with E-state index >= 15 is 0 Å². The van der Waals surface area contributed by atoms with Crippen LogP contribution in [0.15, 0.2) is 58.8 Å². The molecule has 4 rings (SSSR count). The van der Waals surface area contributed by atoms with Gasteiger partial charge in [-0.25, -0.2) is 17.8 Å². The second-order valence-electron chi connectivity index (χ2n) is 7.25. The first kappa shape index (κ1) is 20.9. The molecule has 7 nitrogen and oxygen atoms in total. The number of carbonyl (C=O) groups is 1. The van der Waals surface area contributed by atoms with Crippen molar-refractivity contribution in [3.8, 4) is 0 Å². The summed E-state index contributed by atoms with van der Waals surface area (Å²) in [4.78, 5) is 18.2. The van der Waals surface area contributed by atoms with E-state index in [4.69, 9.17) is 11.6 Å². The summed E-state index contributed by atoms with van der Waals surface area (Å²) in [7, 11) is -3.61. The predicted molar refractivity (Wildman–Crippen MR) is 108 cm³/mol. The maximum absolute atomic E-state index is 13.4. The summed E-state index contributed by atoms with van der Waals surface area (Å²) in [5, 5.41) is 9.58. The maximum atomic E-state index is 13.4. The van der Waals surface area contributed by atoms with Crippen molar-refractivity contribution in [3.63, 3.8) is 0 Å². The molecule has 2 aliphatic rings. The molecule has 0 bridgehead atoms. The highest BCUT2D eigenvalue weighted by atomic mass is 35.5. The molecule has 1 aromatic carbocycles. The van der Waals surface area contributed by atoms with E-state index in [2.05, 4.69) is 4.98 Å². The van der Waals surface area contributed by atoms with Gasteiger partial charge in [0.25, 0.3) is 10.0 Å². The van der Waals surface area contributed by atoms with Gasteiger partial charge in [-0.2, -0.15) is 4.31 Å². The summed E-state index contributed by atoms with van der Waals surface area (Å²) in [5.74, 6) is -1.69. The lowest BCUT2D eigenvalue weighted by Gasteiger charge is -2.42. The van der Waals surface area contributed by atoms with Gasteiger partial charge in [0.05, 0.1) is 17.5 Å². The normalized spacial score (nSPS) is 18.0. The molecular formula is C20H19ClFN3O4S. The van der Waals surface area contributed by atoms with Crippen LogP contribution in [0, 0.1) is 5.82 Å². The quantitative estimate of drug-likeness (QED) is 0.700. The molecule has 1 N–H and O–H groups in total. The molecule has 1 amide bonds. The van der Waals surface area contributed by atoms with Crippen LogP contribution in [0.4, 0.5) is 4.39 Å². The molecule has 3 heterocycles. The van der Waals surface area contributed by atoms with E-state index < -0.39 is 28.4 Å². The minimum atomic E-state index is -3.61. The van der Waals surface area contributed by atoms with Crippen LogP contribution in [0.2, 0.25) is 5.02 Å². The average Bonchev–Trinajstić information content (AvgIpc) is 2.66. The first-order chi connectivity index (χ1) is 14.3. The zero-order chi connectivity index (χ0) is 21.5. The van der Waals surface area contributed by atoms with Crippen LogP contribution in [0.25, 0.3) is 0 Å². The first-order valence-corrected chi connectivity index (χ1v) is 11.1. The summed E-state index contributed by atoms with van der Waals surface area (Å²) in [5.41, 5.74) is 2.46. The fraction of sp³-hybridized carbons (Fsp3) is 0.300. The Labute approximate surface area is 178 Å². The number of halogens is 2. The standard InChI is InChI=1S/C20H19ClFN3O4S/c21-17-7-13(4-5-18(17)22)16(12-26)20(27)24-8-14(9-24)15-10-25(11-15)30(28,29)19-3-1-2-6-23-19/h1-7,16,26H,8-12H2. The van der Waals surface area contributed by atoms with Crippen molar-refractivity contribution in [1.29, 1.82) is 0 Å². The van der Waals surface area contributed by atoms with Gasteiger partial charge in [-0.1, -0.05) is 23.7 Å². The highest BCUT2D eigenvalue weighted by Crippen LogP contribution is 2.32. The minimum absolute atomic E-state index is 0.0169. The zero-order valence-electron chi connectivity index (χ0n) is 15.8. The Morgan fingerprint density at radius 1 is 1.17 bits per heavy atom. The van der Waals surface area contributed by atoms with Crippen molar-refractivity contribution in [2.75, 3.05) is 32.8 Å². The largest absolute Gasteiger partial charge is 0.395 e. The molecule has 1 aromatic heterocycles. The topological polar surface area (TPSA) is 90.8 Å². The van der Waals surface area contributed by atoms with E-state index in [-0.39, 0.29) is 29.0 Å². The lowest BCUT2D eigenvalue weighted by Crippen LogP contribution is -2.52. The number of nitrogens with zero attached hydrogens (tertiary/aromatic N) is 3. The van der Waals surface area contributed by atoms with Crippen LogP contribution < -0.4 is 0 Å². The van der Waals surface area contributed by atoms with Crippen LogP contribution in [-0.4, -0.2) is 66.4 Å². The number of aliphatic hydroxyl groups is 1.